The van der Waals surface area contributed by atoms with E-state index in [1.807, 2.05) is 60.7 Å². The molecule has 0 bridgehead atoms. The number of phenols is 1. The largest absolute Gasteiger partial charge is 0.508 e. The molecule has 0 radical (unpaired) electrons. The van der Waals surface area contributed by atoms with E-state index in [9.17, 15) is 19.8 Å². The molecule has 0 aliphatic carbocycles. The van der Waals surface area contributed by atoms with Crippen molar-refractivity contribution in [3.05, 3.63) is 125 Å². The van der Waals surface area contributed by atoms with Gasteiger partial charge >= 0.3 is 0 Å². The maximum Gasteiger partial charge on any atom is 0.228 e. The molecule has 222 valence electrons. The van der Waals surface area contributed by atoms with E-state index in [0.29, 0.717) is 17.0 Å². The maximum absolute atomic E-state index is 12.7. The standard InChI is InChI=1S/C35H35NO6S/c1-22-32(21-43-31-16-14-30(39)15-17-31)41-35(42-34(22)26-10-8-25(20-37)9-11-26)27-12-6-24(7-13-27)18-33(40)36-29-5-3-4-28(19-29)23(2)38/h3-17,19,22,32,34-35,37,39H,18,20-21H2,1-2H3,(H,36,40)/t22-,32+,34+,35?/m0/s1. The maximum atomic E-state index is 12.7. The molecule has 4 aromatic rings. The molecule has 5 rings (SSSR count). The summed E-state index contributed by atoms with van der Waals surface area (Å²) in [5.41, 5.74) is 4.67. The van der Waals surface area contributed by atoms with Crippen molar-refractivity contribution in [2.75, 3.05) is 11.1 Å². The molecule has 1 amide bonds. The van der Waals surface area contributed by atoms with Gasteiger partial charge in [-0.15, -0.1) is 11.8 Å². The van der Waals surface area contributed by atoms with Crippen molar-refractivity contribution in [2.45, 2.75) is 50.3 Å². The smallest absolute Gasteiger partial charge is 0.228 e. The fourth-order valence-corrected chi connectivity index (χ4v) is 6.10. The summed E-state index contributed by atoms with van der Waals surface area (Å²) < 4.78 is 13.1. The van der Waals surface area contributed by atoms with Crippen LogP contribution < -0.4 is 5.32 Å². The third kappa shape index (κ3) is 7.91. The van der Waals surface area contributed by atoms with Gasteiger partial charge in [-0.2, -0.15) is 0 Å². The van der Waals surface area contributed by atoms with E-state index < -0.39 is 6.29 Å². The molecule has 1 saturated heterocycles. The van der Waals surface area contributed by atoms with Crippen LogP contribution in [0.3, 0.4) is 0 Å². The highest BCUT2D eigenvalue weighted by atomic mass is 32.2. The number of ketones is 1. The summed E-state index contributed by atoms with van der Waals surface area (Å²) in [4.78, 5) is 25.4. The molecule has 1 unspecified atom stereocenters. The van der Waals surface area contributed by atoms with Crippen molar-refractivity contribution in [1.82, 2.24) is 0 Å². The number of benzene rings is 4. The van der Waals surface area contributed by atoms with Crippen LogP contribution in [0.2, 0.25) is 0 Å². The first-order chi connectivity index (χ1) is 20.8. The fourth-order valence-electron chi connectivity index (χ4n) is 5.03. The minimum Gasteiger partial charge on any atom is -0.508 e. The summed E-state index contributed by atoms with van der Waals surface area (Å²) in [5, 5.41) is 22.0. The Morgan fingerprint density at radius 1 is 0.860 bits per heavy atom. The van der Waals surface area contributed by atoms with E-state index in [1.165, 1.54) is 6.92 Å². The number of aliphatic hydroxyl groups is 1. The number of hydrogen-bond acceptors (Lipinski definition) is 7. The number of phenolic OH excluding ortho intramolecular Hbond substituents is 1. The number of anilines is 1. The molecule has 0 spiro atoms. The highest BCUT2D eigenvalue weighted by Crippen LogP contribution is 2.43. The average Bonchev–Trinajstić information content (AvgIpc) is 3.02. The predicted molar refractivity (Wildman–Crippen MR) is 167 cm³/mol. The molecular formula is C35H35NO6S. The zero-order valence-electron chi connectivity index (χ0n) is 24.1. The SMILES string of the molecule is CC(=O)c1cccc(NC(=O)Cc2ccc(C3O[C@H](CSc4ccc(O)cc4)[C@H](C)[C@H](c4ccc(CO)cc4)O3)cc2)c1. The number of aromatic hydroxyl groups is 1. The molecule has 3 N–H and O–H groups in total. The van der Waals surface area contributed by atoms with Crippen molar-refractivity contribution in [3.63, 3.8) is 0 Å². The lowest BCUT2D eigenvalue weighted by Gasteiger charge is -2.41. The van der Waals surface area contributed by atoms with Crippen LogP contribution in [0.15, 0.2) is 102 Å². The second-order valence-electron chi connectivity index (χ2n) is 10.7. The Kier molecular flexibility index (Phi) is 9.94. The van der Waals surface area contributed by atoms with E-state index in [0.717, 1.165) is 27.1 Å². The van der Waals surface area contributed by atoms with E-state index in [-0.39, 0.29) is 48.6 Å². The molecule has 8 heteroatoms. The first-order valence-electron chi connectivity index (χ1n) is 14.2. The quantitative estimate of drug-likeness (QED) is 0.136. The minimum atomic E-state index is -0.610. The number of amides is 1. The predicted octanol–water partition coefficient (Wildman–Crippen LogP) is 6.85. The van der Waals surface area contributed by atoms with E-state index in [4.69, 9.17) is 9.47 Å². The number of ether oxygens (including phenoxy) is 2. The summed E-state index contributed by atoms with van der Waals surface area (Å²) in [7, 11) is 0. The molecule has 0 aromatic heterocycles. The second kappa shape index (κ2) is 14.0. The number of nitrogens with one attached hydrogen (secondary N) is 1. The molecule has 7 nitrogen and oxygen atoms in total. The van der Waals surface area contributed by atoms with Gasteiger partial charge in [0.25, 0.3) is 0 Å². The van der Waals surface area contributed by atoms with Crippen LogP contribution in [0.1, 0.15) is 58.9 Å². The summed E-state index contributed by atoms with van der Waals surface area (Å²) in [6.45, 7) is 3.60. The van der Waals surface area contributed by atoms with Gasteiger partial charge in [-0.05, 0) is 60.0 Å². The van der Waals surface area contributed by atoms with E-state index in [1.54, 1.807) is 48.2 Å². The zero-order chi connectivity index (χ0) is 30.3. The van der Waals surface area contributed by atoms with Crippen molar-refractivity contribution < 1.29 is 29.3 Å². The molecule has 1 aliphatic heterocycles. The summed E-state index contributed by atoms with van der Waals surface area (Å²) >= 11 is 1.66. The molecule has 4 aromatic carbocycles. The highest BCUT2D eigenvalue weighted by Gasteiger charge is 2.38. The molecule has 1 fully saturated rings. The topological polar surface area (TPSA) is 105 Å². The van der Waals surface area contributed by atoms with Gasteiger partial charge in [-0.25, -0.2) is 0 Å². The lowest BCUT2D eigenvalue weighted by Crippen LogP contribution is -2.38. The number of carbonyl (C=O) groups is 2. The summed E-state index contributed by atoms with van der Waals surface area (Å²) in [5.74, 6) is 0.740. The molecule has 1 aliphatic rings. The first-order valence-corrected chi connectivity index (χ1v) is 15.2. The zero-order valence-corrected chi connectivity index (χ0v) is 24.9. The summed E-state index contributed by atoms with van der Waals surface area (Å²) in [6.07, 6.45) is -0.787. The fraction of sp³-hybridized carbons (Fsp3) is 0.257. The third-order valence-corrected chi connectivity index (χ3v) is 8.64. The number of Topliss-reactive ketones (excluding diaryl/α,β-unsaturated/α-hetero) is 1. The number of rotatable bonds is 10. The second-order valence-corrected chi connectivity index (χ2v) is 11.8. The third-order valence-electron chi connectivity index (χ3n) is 7.54. The normalized spacial score (nSPS) is 20.0. The van der Waals surface area contributed by atoms with Gasteiger partial charge < -0.3 is 25.0 Å². The Bertz CT molecular complexity index is 1540. The van der Waals surface area contributed by atoms with Crippen molar-refractivity contribution in [1.29, 1.82) is 0 Å². The minimum absolute atomic E-state index is 0.0197. The number of hydrogen-bond donors (Lipinski definition) is 3. The molecule has 43 heavy (non-hydrogen) atoms. The summed E-state index contributed by atoms with van der Waals surface area (Å²) in [6, 6.07) is 29.5. The van der Waals surface area contributed by atoms with Crippen molar-refractivity contribution >= 4 is 29.1 Å². The van der Waals surface area contributed by atoms with Crippen molar-refractivity contribution in [2.24, 2.45) is 5.92 Å². The van der Waals surface area contributed by atoms with Crippen LogP contribution in [0, 0.1) is 5.92 Å². The van der Waals surface area contributed by atoms with Crippen LogP contribution >= 0.6 is 11.8 Å². The van der Waals surface area contributed by atoms with Gasteiger partial charge in [0, 0.05) is 33.4 Å². The van der Waals surface area contributed by atoms with Crippen LogP contribution in [-0.2, 0) is 27.3 Å². The number of carbonyl (C=O) groups excluding carboxylic acids is 2. The van der Waals surface area contributed by atoms with Crippen LogP contribution in [0.5, 0.6) is 5.75 Å². The molecule has 1 heterocycles. The lowest BCUT2D eigenvalue weighted by molar-refractivity contribution is -0.268. The van der Waals surface area contributed by atoms with Crippen LogP contribution in [0.25, 0.3) is 0 Å². The molecule has 0 saturated carbocycles. The van der Waals surface area contributed by atoms with Crippen molar-refractivity contribution in [3.8, 4) is 5.75 Å². The monoisotopic (exact) mass is 597 g/mol. The molecular weight excluding hydrogens is 562 g/mol. The van der Waals surface area contributed by atoms with Gasteiger partial charge in [0.15, 0.2) is 12.1 Å². The van der Waals surface area contributed by atoms with E-state index >= 15 is 0 Å². The van der Waals surface area contributed by atoms with Gasteiger partial charge in [0.2, 0.25) is 5.91 Å². The Labute approximate surface area is 255 Å². The highest BCUT2D eigenvalue weighted by molar-refractivity contribution is 7.99. The first kappa shape index (κ1) is 30.5. The molecule has 4 atom stereocenters. The Balaban J connectivity index is 1.29. The van der Waals surface area contributed by atoms with Crippen LogP contribution in [0.4, 0.5) is 5.69 Å². The van der Waals surface area contributed by atoms with Gasteiger partial charge in [-0.3, -0.25) is 9.59 Å². The van der Waals surface area contributed by atoms with Crippen LogP contribution in [-0.4, -0.2) is 33.8 Å². The van der Waals surface area contributed by atoms with E-state index in [2.05, 4.69) is 12.2 Å². The van der Waals surface area contributed by atoms with Gasteiger partial charge in [0.1, 0.15) is 5.75 Å². The Hall–Kier alpha value is -3.95. The number of aliphatic hydroxyl groups excluding tert-OH is 1. The number of thioether (sulfide) groups is 1. The Morgan fingerprint density at radius 2 is 1.53 bits per heavy atom. The van der Waals surface area contributed by atoms with Gasteiger partial charge in [-0.1, -0.05) is 67.6 Å². The van der Waals surface area contributed by atoms with Gasteiger partial charge in [0.05, 0.1) is 25.2 Å². The lowest BCUT2D eigenvalue weighted by atomic mass is 9.91. The average molecular weight is 598 g/mol. The Morgan fingerprint density at radius 3 is 2.21 bits per heavy atom.